The second kappa shape index (κ2) is 8.45. The molecule has 0 fully saturated rings. The highest BCUT2D eigenvalue weighted by Gasteiger charge is 2.16. The molecule has 0 saturated carbocycles. The van der Waals surface area contributed by atoms with Crippen molar-refractivity contribution in [2.24, 2.45) is 0 Å². The molecule has 26 heavy (non-hydrogen) atoms. The Morgan fingerprint density at radius 1 is 1.00 bits per heavy atom. The van der Waals surface area contributed by atoms with Crippen LogP contribution in [0.15, 0.2) is 58.1 Å². The van der Waals surface area contributed by atoms with Crippen molar-refractivity contribution in [3.63, 3.8) is 0 Å². The fraction of sp³-hybridized carbons (Fsp3) is 0.200. The van der Waals surface area contributed by atoms with Gasteiger partial charge in [-0.2, -0.15) is 5.26 Å². The van der Waals surface area contributed by atoms with Crippen molar-refractivity contribution in [2.45, 2.75) is 11.9 Å². The van der Waals surface area contributed by atoms with Crippen molar-refractivity contribution in [2.75, 3.05) is 19.5 Å². The zero-order chi connectivity index (χ0) is 18.4. The maximum atomic E-state index is 9.29. The van der Waals surface area contributed by atoms with Crippen molar-refractivity contribution in [1.82, 2.24) is 5.16 Å². The van der Waals surface area contributed by atoms with Crippen molar-refractivity contribution >= 4 is 11.8 Å². The van der Waals surface area contributed by atoms with E-state index in [2.05, 4.69) is 11.2 Å². The Morgan fingerprint density at radius 3 is 2.12 bits per heavy atom. The van der Waals surface area contributed by atoms with Gasteiger partial charge in [0.15, 0.2) is 10.8 Å². The number of rotatable bonds is 7. The van der Waals surface area contributed by atoms with E-state index in [0.717, 1.165) is 17.1 Å². The predicted octanol–water partition coefficient (Wildman–Crippen LogP) is 4.70. The van der Waals surface area contributed by atoms with Gasteiger partial charge in [0.2, 0.25) is 0 Å². The fourth-order valence-electron chi connectivity index (χ4n) is 2.37. The third kappa shape index (κ3) is 4.19. The lowest BCUT2D eigenvalue weighted by Gasteiger charge is -2.09. The molecule has 0 spiro atoms. The van der Waals surface area contributed by atoms with Crippen LogP contribution < -0.4 is 9.47 Å². The molecule has 5 nitrogen and oxygen atoms in total. The molecule has 0 N–H and O–H groups in total. The number of nitriles is 1. The molecule has 0 aliphatic heterocycles. The number of thioether (sulfide) groups is 1. The number of hydrogen-bond acceptors (Lipinski definition) is 6. The second-order valence-corrected chi connectivity index (χ2v) is 6.34. The lowest BCUT2D eigenvalue weighted by molar-refractivity contribution is 0.217. The minimum Gasteiger partial charge on any atom is -0.490 e. The van der Waals surface area contributed by atoms with Crippen LogP contribution in [-0.4, -0.2) is 24.6 Å². The smallest absolute Gasteiger partial charge is 0.185 e. The van der Waals surface area contributed by atoms with Crippen molar-refractivity contribution in [1.29, 1.82) is 5.26 Å². The topological polar surface area (TPSA) is 68.3 Å². The molecule has 0 unspecified atom stereocenters. The van der Waals surface area contributed by atoms with Gasteiger partial charge in [-0.15, -0.1) is 11.8 Å². The average Bonchev–Trinajstić information content (AvgIpc) is 3.10. The lowest BCUT2D eigenvalue weighted by atomic mass is 10.1. The summed E-state index contributed by atoms with van der Waals surface area (Å²) in [6.07, 6.45) is 1.86. The third-order valence-electron chi connectivity index (χ3n) is 3.72. The molecular formula is C20H18N2O3S. The van der Waals surface area contributed by atoms with E-state index in [-0.39, 0.29) is 0 Å². The molecule has 2 aromatic carbocycles. The Hall–Kier alpha value is -2.91. The Bertz CT molecular complexity index is 896. The van der Waals surface area contributed by atoms with Crippen LogP contribution in [-0.2, 0) is 0 Å². The van der Waals surface area contributed by atoms with Crippen molar-refractivity contribution in [3.05, 3.63) is 59.7 Å². The zero-order valence-electron chi connectivity index (χ0n) is 14.6. The van der Waals surface area contributed by atoms with Gasteiger partial charge in [0.25, 0.3) is 0 Å². The molecule has 0 atom stereocenters. The molecule has 0 amide bonds. The third-order valence-corrected chi connectivity index (χ3v) is 4.39. The summed E-state index contributed by atoms with van der Waals surface area (Å²) in [7, 11) is 0. The van der Waals surface area contributed by atoms with Crippen LogP contribution >= 0.6 is 11.8 Å². The van der Waals surface area contributed by atoms with Crippen LogP contribution in [0, 0.1) is 18.3 Å². The van der Waals surface area contributed by atoms with Gasteiger partial charge in [-0.05, 0) is 49.6 Å². The van der Waals surface area contributed by atoms with Crippen LogP contribution in [0.2, 0.25) is 0 Å². The van der Waals surface area contributed by atoms with Crippen LogP contribution in [0.4, 0.5) is 0 Å². The van der Waals surface area contributed by atoms with E-state index in [1.807, 2.05) is 61.7 Å². The fourth-order valence-corrected chi connectivity index (χ4v) is 2.82. The average molecular weight is 366 g/mol. The van der Waals surface area contributed by atoms with Gasteiger partial charge in [-0.1, -0.05) is 22.9 Å². The maximum Gasteiger partial charge on any atom is 0.185 e. The van der Waals surface area contributed by atoms with Gasteiger partial charge >= 0.3 is 0 Å². The first-order valence-corrected chi connectivity index (χ1v) is 9.30. The Morgan fingerprint density at radius 2 is 1.58 bits per heavy atom. The summed E-state index contributed by atoms with van der Waals surface area (Å²) in [4.78, 5) is 0. The monoisotopic (exact) mass is 366 g/mol. The zero-order valence-corrected chi connectivity index (χ0v) is 15.4. The molecular weight excluding hydrogens is 348 g/mol. The highest BCUT2D eigenvalue weighted by molar-refractivity contribution is 7.98. The normalized spacial score (nSPS) is 10.3. The molecule has 3 aromatic rings. The highest BCUT2D eigenvalue weighted by Crippen LogP contribution is 2.31. The molecule has 1 heterocycles. The summed E-state index contributed by atoms with van der Waals surface area (Å²) >= 11 is 1.39. The van der Waals surface area contributed by atoms with E-state index in [0.29, 0.717) is 29.6 Å². The van der Waals surface area contributed by atoms with Gasteiger partial charge in [0.1, 0.15) is 36.3 Å². The van der Waals surface area contributed by atoms with Gasteiger partial charge in [0.05, 0.1) is 0 Å². The van der Waals surface area contributed by atoms with E-state index < -0.39 is 0 Å². The van der Waals surface area contributed by atoms with Crippen LogP contribution in [0.5, 0.6) is 11.5 Å². The number of aryl methyl sites for hydroxylation is 1. The maximum absolute atomic E-state index is 9.29. The molecule has 3 rings (SSSR count). The number of aromatic nitrogens is 1. The SMILES string of the molecule is CSc1noc(-c2ccc(OCCOc3ccc(C)cc3)cc2)c1C#N. The predicted molar refractivity (Wildman–Crippen MR) is 101 cm³/mol. The molecule has 132 valence electrons. The van der Waals surface area contributed by atoms with E-state index >= 15 is 0 Å². The van der Waals surface area contributed by atoms with E-state index in [1.54, 1.807) is 0 Å². The summed E-state index contributed by atoms with van der Waals surface area (Å²) in [5.74, 6) is 2.03. The largest absolute Gasteiger partial charge is 0.490 e. The van der Waals surface area contributed by atoms with Crippen LogP contribution in [0.3, 0.4) is 0 Å². The van der Waals surface area contributed by atoms with Crippen LogP contribution in [0.1, 0.15) is 11.1 Å². The molecule has 0 saturated heterocycles. The minimum absolute atomic E-state index is 0.440. The molecule has 0 aliphatic carbocycles. The van der Waals surface area contributed by atoms with Gasteiger partial charge in [-0.3, -0.25) is 0 Å². The minimum atomic E-state index is 0.440. The molecule has 1 aromatic heterocycles. The molecule has 6 heteroatoms. The summed E-state index contributed by atoms with van der Waals surface area (Å²) in [5, 5.41) is 13.8. The Balaban J connectivity index is 1.56. The van der Waals surface area contributed by atoms with Crippen molar-refractivity contribution < 1.29 is 14.0 Å². The van der Waals surface area contributed by atoms with E-state index in [1.165, 1.54) is 17.3 Å². The molecule has 0 radical (unpaired) electrons. The summed E-state index contributed by atoms with van der Waals surface area (Å²) in [6.45, 7) is 2.94. The molecule has 0 bridgehead atoms. The number of ether oxygens (including phenoxy) is 2. The molecule has 0 aliphatic rings. The number of nitrogens with zero attached hydrogens (tertiary/aromatic N) is 2. The number of hydrogen-bond donors (Lipinski definition) is 0. The quantitative estimate of drug-likeness (QED) is 0.446. The Kier molecular flexibility index (Phi) is 5.82. The standard InChI is InChI=1S/C20H18N2O3S/c1-14-3-7-16(8-4-14)23-11-12-24-17-9-5-15(6-10-17)19-18(13-21)20(26-2)22-25-19/h3-10H,11-12H2,1-2H3. The lowest BCUT2D eigenvalue weighted by Crippen LogP contribution is -2.08. The van der Waals surface area contributed by atoms with Crippen molar-refractivity contribution in [3.8, 4) is 28.9 Å². The van der Waals surface area contributed by atoms with Gasteiger partial charge in [-0.25, -0.2) is 0 Å². The Labute approximate surface area is 156 Å². The first-order valence-electron chi connectivity index (χ1n) is 8.07. The number of benzene rings is 2. The first-order chi connectivity index (χ1) is 12.7. The summed E-state index contributed by atoms with van der Waals surface area (Å²) in [6, 6.07) is 17.4. The van der Waals surface area contributed by atoms with E-state index in [9.17, 15) is 5.26 Å². The first kappa shape index (κ1) is 17.9. The summed E-state index contributed by atoms with van der Waals surface area (Å²) < 4.78 is 16.6. The second-order valence-electron chi connectivity index (χ2n) is 5.54. The van der Waals surface area contributed by atoms with Crippen LogP contribution in [0.25, 0.3) is 11.3 Å². The summed E-state index contributed by atoms with van der Waals surface area (Å²) in [5.41, 5.74) is 2.44. The van der Waals surface area contributed by atoms with Gasteiger partial charge < -0.3 is 14.0 Å². The highest BCUT2D eigenvalue weighted by atomic mass is 32.2. The van der Waals surface area contributed by atoms with E-state index in [4.69, 9.17) is 14.0 Å². The van der Waals surface area contributed by atoms with Gasteiger partial charge in [0, 0.05) is 5.56 Å².